The van der Waals surface area contributed by atoms with Crippen LogP contribution < -0.4 is 5.56 Å². The molecule has 0 aliphatic heterocycles. The zero-order valence-corrected chi connectivity index (χ0v) is 13.8. The van der Waals surface area contributed by atoms with E-state index in [9.17, 15) is 4.79 Å². The van der Waals surface area contributed by atoms with Crippen molar-refractivity contribution in [1.29, 1.82) is 0 Å². The first-order chi connectivity index (χ1) is 11.2. The third-order valence-corrected chi connectivity index (χ3v) is 5.35. The van der Waals surface area contributed by atoms with Crippen molar-refractivity contribution in [2.45, 2.75) is 38.6 Å². The molecule has 3 aromatic rings. The first-order valence-corrected chi connectivity index (χ1v) is 8.75. The van der Waals surface area contributed by atoms with E-state index in [-0.39, 0.29) is 5.56 Å². The summed E-state index contributed by atoms with van der Waals surface area (Å²) in [6.07, 6.45) is 6.49. The summed E-state index contributed by atoms with van der Waals surface area (Å²) >= 11 is 1.51. The molecule has 0 amide bonds. The summed E-state index contributed by atoms with van der Waals surface area (Å²) in [6, 6.07) is 8.28. The van der Waals surface area contributed by atoms with Crippen LogP contribution in [0.5, 0.6) is 0 Å². The molecule has 1 N–H and O–H groups in total. The number of nitrogens with zero attached hydrogens (tertiary/aromatic N) is 3. The highest BCUT2D eigenvalue weighted by Crippen LogP contribution is 2.24. The number of thiazole rings is 1. The number of hydrogen-bond acceptors (Lipinski definition) is 4. The van der Waals surface area contributed by atoms with Crippen molar-refractivity contribution >= 4 is 27.8 Å². The molecule has 1 aliphatic rings. The molecular weight excluding hydrogens is 308 g/mol. The summed E-state index contributed by atoms with van der Waals surface area (Å²) < 4.78 is 2.60. The summed E-state index contributed by atoms with van der Waals surface area (Å²) in [5, 5.41) is 3.79. The number of fused-ring (bicyclic) bond motifs is 1. The van der Waals surface area contributed by atoms with E-state index in [4.69, 9.17) is 0 Å². The highest BCUT2D eigenvalue weighted by Gasteiger charge is 2.16. The van der Waals surface area contributed by atoms with E-state index in [1.807, 2.05) is 31.2 Å². The fourth-order valence-corrected chi connectivity index (χ4v) is 3.96. The molecule has 1 aromatic carbocycles. The van der Waals surface area contributed by atoms with Crippen molar-refractivity contribution in [2.75, 3.05) is 0 Å². The molecule has 0 saturated heterocycles. The Hall–Kier alpha value is -2.21. The van der Waals surface area contributed by atoms with Gasteiger partial charge in [0, 0.05) is 18.0 Å². The molecule has 1 aliphatic carbocycles. The van der Waals surface area contributed by atoms with E-state index < -0.39 is 0 Å². The minimum Gasteiger partial charge on any atom is -0.293 e. The SMILES string of the molecule is Cc1[nH]n(-c2nc3ccccc3s2)c(=O)c1C=NC1CCCC1. The van der Waals surface area contributed by atoms with Crippen LogP contribution in [-0.2, 0) is 0 Å². The summed E-state index contributed by atoms with van der Waals surface area (Å²) in [5.41, 5.74) is 2.29. The number of hydrogen-bond donors (Lipinski definition) is 1. The summed E-state index contributed by atoms with van der Waals surface area (Å²) in [6.45, 7) is 1.90. The van der Waals surface area contributed by atoms with Crippen LogP contribution in [0.25, 0.3) is 15.3 Å². The second-order valence-electron chi connectivity index (χ2n) is 5.97. The summed E-state index contributed by atoms with van der Waals surface area (Å²) in [7, 11) is 0. The molecule has 118 valence electrons. The minimum absolute atomic E-state index is 0.0803. The second-order valence-corrected chi connectivity index (χ2v) is 6.98. The first-order valence-electron chi connectivity index (χ1n) is 7.93. The topological polar surface area (TPSA) is 63.0 Å². The molecule has 1 saturated carbocycles. The number of aliphatic imine (C=N–C) groups is 1. The van der Waals surface area contributed by atoms with Crippen LogP contribution in [-0.4, -0.2) is 27.0 Å². The highest BCUT2D eigenvalue weighted by atomic mass is 32.1. The number of aryl methyl sites for hydroxylation is 1. The van der Waals surface area contributed by atoms with Gasteiger partial charge in [-0.2, -0.15) is 4.68 Å². The lowest BCUT2D eigenvalue weighted by molar-refractivity contribution is 0.710. The monoisotopic (exact) mass is 326 g/mol. The highest BCUT2D eigenvalue weighted by molar-refractivity contribution is 7.20. The maximum atomic E-state index is 12.7. The third kappa shape index (κ3) is 2.63. The van der Waals surface area contributed by atoms with E-state index >= 15 is 0 Å². The quantitative estimate of drug-likeness (QED) is 0.749. The molecule has 2 heterocycles. The van der Waals surface area contributed by atoms with Gasteiger partial charge in [0.1, 0.15) is 0 Å². The van der Waals surface area contributed by atoms with Crippen molar-refractivity contribution in [3.05, 3.63) is 45.9 Å². The summed E-state index contributed by atoms with van der Waals surface area (Å²) in [5.74, 6) is 0. The van der Waals surface area contributed by atoms with E-state index in [0.717, 1.165) is 28.8 Å². The van der Waals surface area contributed by atoms with Crippen LogP contribution >= 0.6 is 11.3 Å². The number of para-hydroxylation sites is 1. The maximum absolute atomic E-state index is 12.7. The third-order valence-electron chi connectivity index (χ3n) is 4.33. The fraction of sp³-hybridized carbons (Fsp3) is 0.353. The molecule has 6 heteroatoms. The lowest BCUT2D eigenvalue weighted by Crippen LogP contribution is -2.17. The molecule has 2 aromatic heterocycles. The van der Waals surface area contributed by atoms with Gasteiger partial charge in [-0.1, -0.05) is 36.3 Å². The van der Waals surface area contributed by atoms with E-state index in [1.165, 1.54) is 28.9 Å². The van der Waals surface area contributed by atoms with Gasteiger partial charge in [-0.15, -0.1) is 0 Å². The average Bonchev–Trinajstić information content (AvgIpc) is 3.25. The first kappa shape index (κ1) is 14.4. The fourth-order valence-electron chi connectivity index (χ4n) is 3.04. The molecule has 1 fully saturated rings. The van der Waals surface area contributed by atoms with Crippen molar-refractivity contribution in [3.63, 3.8) is 0 Å². The Balaban J connectivity index is 1.72. The van der Waals surface area contributed by atoms with Gasteiger partial charge in [-0.05, 0) is 31.9 Å². The van der Waals surface area contributed by atoms with Crippen molar-refractivity contribution < 1.29 is 0 Å². The van der Waals surface area contributed by atoms with Crippen LogP contribution in [0.3, 0.4) is 0 Å². The lowest BCUT2D eigenvalue weighted by Gasteiger charge is -1.98. The summed E-state index contributed by atoms with van der Waals surface area (Å²) in [4.78, 5) is 21.8. The Morgan fingerprint density at radius 2 is 2.13 bits per heavy atom. The Kier molecular flexibility index (Phi) is 3.61. The predicted octanol–water partition coefficient (Wildman–Crippen LogP) is 3.45. The Morgan fingerprint density at radius 1 is 1.35 bits per heavy atom. The van der Waals surface area contributed by atoms with E-state index in [1.54, 1.807) is 6.21 Å². The smallest absolute Gasteiger partial charge is 0.282 e. The van der Waals surface area contributed by atoms with Gasteiger partial charge < -0.3 is 0 Å². The van der Waals surface area contributed by atoms with Gasteiger partial charge >= 0.3 is 0 Å². The van der Waals surface area contributed by atoms with Crippen LogP contribution in [0.15, 0.2) is 34.1 Å². The van der Waals surface area contributed by atoms with Gasteiger partial charge in [-0.25, -0.2) is 4.98 Å². The molecule has 5 nitrogen and oxygen atoms in total. The Morgan fingerprint density at radius 3 is 2.91 bits per heavy atom. The largest absolute Gasteiger partial charge is 0.293 e. The molecule has 0 unspecified atom stereocenters. The second kappa shape index (κ2) is 5.77. The van der Waals surface area contributed by atoms with Crippen molar-refractivity contribution in [3.8, 4) is 5.13 Å². The van der Waals surface area contributed by atoms with Crippen LogP contribution in [0.4, 0.5) is 0 Å². The number of rotatable bonds is 3. The number of benzene rings is 1. The molecule has 4 rings (SSSR count). The molecule has 0 bridgehead atoms. The van der Waals surface area contributed by atoms with Crippen molar-refractivity contribution in [1.82, 2.24) is 14.8 Å². The van der Waals surface area contributed by atoms with Gasteiger partial charge in [0.2, 0.25) is 5.13 Å². The van der Waals surface area contributed by atoms with Gasteiger partial charge in [-0.3, -0.25) is 14.9 Å². The average molecular weight is 326 g/mol. The van der Waals surface area contributed by atoms with Gasteiger partial charge in [0.05, 0.1) is 15.8 Å². The minimum atomic E-state index is -0.0803. The number of aromatic amines is 1. The van der Waals surface area contributed by atoms with Crippen LogP contribution in [0.2, 0.25) is 0 Å². The van der Waals surface area contributed by atoms with Crippen LogP contribution in [0, 0.1) is 6.92 Å². The maximum Gasteiger partial charge on any atom is 0.282 e. The van der Waals surface area contributed by atoms with Crippen molar-refractivity contribution in [2.24, 2.45) is 4.99 Å². The zero-order valence-electron chi connectivity index (χ0n) is 13.0. The number of aromatic nitrogens is 3. The molecule has 0 spiro atoms. The lowest BCUT2D eigenvalue weighted by atomic mass is 10.2. The van der Waals surface area contributed by atoms with E-state index in [0.29, 0.717) is 16.7 Å². The standard InChI is InChI=1S/C17H18N4OS/c1-11-13(10-18-12-6-2-3-7-12)16(22)21(20-11)17-19-14-8-4-5-9-15(14)23-17/h4-5,8-10,12,20H,2-3,6-7H2,1H3. The van der Waals surface area contributed by atoms with Gasteiger partial charge in [0.15, 0.2) is 0 Å². The number of H-pyrrole nitrogens is 1. The van der Waals surface area contributed by atoms with Gasteiger partial charge in [0.25, 0.3) is 5.56 Å². The Bertz CT molecular complexity index is 895. The van der Waals surface area contributed by atoms with E-state index in [2.05, 4.69) is 15.1 Å². The number of nitrogens with one attached hydrogen (secondary N) is 1. The molecule has 0 radical (unpaired) electrons. The molecule has 23 heavy (non-hydrogen) atoms. The normalized spacial score (nSPS) is 16.0. The molecular formula is C17H18N4OS. The molecule has 0 atom stereocenters. The van der Waals surface area contributed by atoms with Crippen LogP contribution in [0.1, 0.15) is 36.9 Å². The Labute approximate surface area is 137 Å². The zero-order chi connectivity index (χ0) is 15.8. The predicted molar refractivity (Wildman–Crippen MR) is 94.2 cm³/mol.